The second kappa shape index (κ2) is 2.21. The van der Waals surface area contributed by atoms with Crippen LogP contribution in [0.4, 0.5) is 0 Å². The van der Waals surface area contributed by atoms with Crippen LogP contribution in [0.1, 0.15) is 19.3 Å². The van der Waals surface area contributed by atoms with Gasteiger partial charge in [0.2, 0.25) is 0 Å². The average Bonchev–Trinajstić information content (AvgIpc) is 2.15. The highest BCUT2D eigenvalue weighted by molar-refractivity contribution is 5.79. The Hall–Kier alpha value is -0.610. The lowest BCUT2D eigenvalue weighted by Gasteiger charge is -2.21. The molecular formula is C6H11NO3. The van der Waals surface area contributed by atoms with Crippen molar-refractivity contribution >= 4 is 5.97 Å². The second-order valence-corrected chi connectivity index (χ2v) is 2.75. The summed E-state index contributed by atoms with van der Waals surface area (Å²) in [5, 5.41) is 17.7. The summed E-state index contributed by atoms with van der Waals surface area (Å²) < 4.78 is 0. The van der Waals surface area contributed by atoms with Gasteiger partial charge in [-0.2, -0.15) is 0 Å². The average molecular weight is 145 g/mol. The molecule has 0 saturated heterocycles. The minimum absolute atomic E-state index is 0.378. The first-order chi connectivity index (χ1) is 4.57. The van der Waals surface area contributed by atoms with Gasteiger partial charge in [0.15, 0.2) is 0 Å². The van der Waals surface area contributed by atoms with E-state index in [0.717, 1.165) is 0 Å². The predicted octanol–water partition coefficient (Wildman–Crippen LogP) is -0.687. The van der Waals surface area contributed by atoms with Crippen LogP contribution in [0.3, 0.4) is 0 Å². The lowest BCUT2D eigenvalue weighted by atomic mass is 9.97. The Morgan fingerprint density at radius 2 is 2.30 bits per heavy atom. The van der Waals surface area contributed by atoms with E-state index in [0.29, 0.717) is 19.3 Å². The summed E-state index contributed by atoms with van der Waals surface area (Å²) >= 11 is 0. The van der Waals surface area contributed by atoms with Crippen molar-refractivity contribution in [1.29, 1.82) is 0 Å². The molecule has 0 aliphatic heterocycles. The molecule has 1 fully saturated rings. The zero-order valence-electron chi connectivity index (χ0n) is 5.58. The number of aliphatic carboxylic acids is 1. The van der Waals surface area contributed by atoms with E-state index in [1.165, 1.54) is 0 Å². The number of carboxylic acids is 1. The highest BCUT2D eigenvalue weighted by Gasteiger charge is 2.45. The number of aliphatic hydroxyl groups excluding tert-OH is 1. The lowest BCUT2D eigenvalue weighted by Crippen LogP contribution is -2.53. The third-order valence-corrected chi connectivity index (χ3v) is 2.06. The quantitative estimate of drug-likeness (QED) is 0.456. The van der Waals surface area contributed by atoms with E-state index >= 15 is 0 Å². The molecule has 0 heterocycles. The molecule has 2 atom stereocenters. The molecular weight excluding hydrogens is 134 g/mol. The summed E-state index contributed by atoms with van der Waals surface area (Å²) in [6, 6.07) is 0. The van der Waals surface area contributed by atoms with Crippen LogP contribution in [-0.4, -0.2) is 27.8 Å². The van der Waals surface area contributed by atoms with Crippen LogP contribution in [0, 0.1) is 0 Å². The summed E-state index contributed by atoms with van der Waals surface area (Å²) in [6.07, 6.45) is 0.709. The van der Waals surface area contributed by atoms with E-state index in [1.807, 2.05) is 0 Å². The topological polar surface area (TPSA) is 83.6 Å². The maximum atomic E-state index is 10.4. The Bertz CT molecular complexity index is 159. The summed E-state index contributed by atoms with van der Waals surface area (Å²) in [6.45, 7) is 0. The van der Waals surface area contributed by atoms with Crippen LogP contribution >= 0.6 is 0 Å². The van der Waals surface area contributed by atoms with Gasteiger partial charge in [-0.1, -0.05) is 0 Å². The number of hydrogen-bond acceptors (Lipinski definition) is 3. The van der Waals surface area contributed by atoms with E-state index in [9.17, 15) is 4.79 Å². The summed E-state index contributed by atoms with van der Waals surface area (Å²) in [5.74, 6) is -1.10. The summed E-state index contributed by atoms with van der Waals surface area (Å²) in [5.41, 5.74) is 4.02. The van der Waals surface area contributed by atoms with E-state index in [4.69, 9.17) is 15.9 Å². The van der Waals surface area contributed by atoms with Crippen molar-refractivity contribution in [3.8, 4) is 0 Å². The molecule has 4 nitrogen and oxygen atoms in total. The smallest absolute Gasteiger partial charge is 0.326 e. The van der Waals surface area contributed by atoms with Crippen LogP contribution in [0.25, 0.3) is 0 Å². The largest absolute Gasteiger partial charge is 0.480 e. The van der Waals surface area contributed by atoms with Crippen molar-refractivity contribution in [1.82, 2.24) is 0 Å². The first-order valence-corrected chi connectivity index (χ1v) is 3.28. The third kappa shape index (κ3) is 0.892. The van der Waals surface area contributed by atoms with Gasteiger partial charge in [-0.15, -0.1) is 0 Å². The zero-order chi connectivity index (χ0) is 7.78. The van der Waals surface area contributed by atoms with Crippen molar-refractivity contribution < 1.29 is 15.0 Å². The van der Waals surface area contributed by atoms with Gasteiger partial charge in [-0.05, 0) is 19.3 Å². The molecule has 4 N–H and O–H groups in total. The molecule has 0 aromatic rings. The van der Waals surface area contributed by atoms with Crippen LogP contribution in [0.2, 0.25) is 0 Å². The molecule has 0 aromatic carbocycles. The van der Waals surface area contributed by atoms with Gasteiger partial charge in [0.1, 0.15) is 5.54 Å². The molecule has 0 bridgehead atoms. The molecule has 1 saturated carbocycles. The van der Waals surface area contributed by atoms with E-state index < -0.39 is 17.6 Å². The van der Waals surface area contributed by atoms with Gasteiger partial charge in [-0.3, -0.25) is 4.79 Å². The molecule has 1 rings (SSSR count). The fraction of sp³-hybridized carbons (Fsp3) is 0.833. The zero-order valence-corrected chi connectivity index (χ0v) is 5.58. The predicted molar refractivity (Wildman–Crippen MR) is 34.4 cm³/mol. The maximum Gasteiger partial charge on any atom is 0.326 e. The van der Waals surface area contributed by atoms with Crippen LogP contribution < -0.4 is 5.73 Å². The highest BCUT2D eigenvalue weighted by Crippen LogP contribution is 2.27. The Morgan fingerprint density at radius 1 is 1.70 bits per heavy atom. The number of carbonyl (C=O) groups is 1. The number of hydrogen-bond donors (Lipinski definition) is 3. The minimum atomic E-state index is -1.38. The maximum absolute atomic E-state index is 10.4. The third-order valence-electron chi connectivity index (χ3n) is 2.06. The van der Waals surface area contributed by atoms with Crippen LogP contribution in [0.15, 0.2) is 0 Å². The SMILES string of the molecule is N[C@@]1(C(=O)O)CCC[C@H]1O. The summed E-state index contributed by atoms with van der Waals surface area (Å²) in [4.78, 5) is 10.4. The first-order valence-electron chi connectivity index (χ1n) is 3.28. The molecule has 1 aliphatic rings. The second-order valence-electron chi connectivity index (χ2n) is 2.75. The van der Waals surface area contributed by atoms with Gasteiger partial charge in [0.05, 0.1) is 6.10 Å². The Morgan fingerprint density at radius 3 is 2.50 bits per heavy atom. The van der Waals surface area contributed by atoms with Gasteiger partial charge >= 0.3 is 5.97 Å². The highest BCUT2D eigenvalue weighted by atomic mass is 16.4. The molecule has 0 aromatic heterocycles. The van der Waals surface area contributed by atoms with Gasteiger partial charge in [0.25, 0.3) is 0 Å². The molecule has 4 heteroatoms. The van der Waals surface area contributed by atoms with Gasteiger partial charge in [-0.25, -0.2) is 0 Å². The van der Waals surface area contributed by atoms with Crippen LogP contribution in [0.5, 0.6) is 0 Å². The molecule has 0 amide bonds. The van der Waals surface area contributed by atoms with Gasteiger partial charge < -0.3 is 15.9 Å². The fourth-order valence-corrected chi connectivity index (χ4v) is 1.26. The number of aliphatic hydroxyl groups is 1. The minimum Gasteiger partial charge on any atom is -0.480 e. The Balaban J connectivity index is 2.75. The monoisotopic (exact) mass is 145 g/mol. The van der Waals surface area contributed by atoms with E-state index in [1.54, 1.807) is 0 Å². The Kier molecular flexibility index (Phi) is 1.66. The van der Waals surface area contributed by atoms with Gasteiger partial charge in [0, 0.05) is 0 Å². The van der Waals surface area contributed by atoms with Crippen molar-refractivity contribution in [3.05, 3.63) is 0 Å². The Labute approximate surface area is 58.6 Å². The van der Waals surface area contributed by atoms with Crippen LogP contribution in [-0.2, 0) is 4.79 Å². The number of rotatable bonds is 1. The standard InChI is InChI=1S/C6H11NO3/c7-6(5(9)10)3-1-2-4(6)8/h4,8H,1-3,7H2,(H,9,10)/t4-,6+/m1/s1. The van der Waals surface area contributed by atoms with E-state index in [2.05, 4.69) is 0 Å². The van der Waals surface area contributed by atoms with Crippen molar-refractivity contribution in [2.45, 2.75) is 30.9 Å². The normalized spacial score (nSPS) is 40.0. The number of carboxylic acid groups (broad SMARTS) is 1. The first kappa shape index (κ1) is 7.50. The lowest BCUT2D eigenvalue weighted by molar-refractivity contribution is -0.146. The molecule has 58 valence electrons. The van der Waals surface area contributed by atoms with Crippen molar-refractivity contribution in [2.24, 2.45) is 5.73 Å². The van der Waals surface area contributed by atoms with E-state index in [-0.39, 0.29) is 0 Å². The fourth-order valence-electron chi connectivity index (χ4n) is 1.26. The molecule has 0 spiro atoms. The molecule has 0 unspecified atom stereocenters. The summed E-state index contributed by atoms with van der Waals surface area (Å²) in [7, 11) is 0. The molecule has 0 radical (unpaired) electrons. The molecule has 1 aliphatic carbocycles. The van der Waals surface area contributed by atoms with Crippen molar-refractivity contribution in [2.75, 3.05) is 0 Å². The number of nitrogens with two attached hydrogens (primary N) is 1. The van der Waals surface area contributed by atoms with Crippen molar-refractivity contribution in [3.63, 3.8) is 0 Å². The molecule has 10 heavy (non-hydrogen) atoms.